The molecule has 0 unspecified atom stereocenters. The van der Waals surface area contributed by atoms with Crippen LogP contribution in [0.4, 0.5) is 4.79 Å². The molecule has 2 amide bonds. The number of likely N-dealkylation sites (tertiary alicyclic amines) is 1. The third kappa shape index (κ3) is 4.35. The van der Waals surface area contributed by atoms with Crippen LogP contribution < -0.4 is 5.32 Å². The van der Waals surface area contributed by atoms with Gasteiger partial charge in [0, 0.05) is 31.6 Å². The van der Waals surface area contributed by atoms with Crippen LogP contribution >= 0.6 is 0 Å². The lowest BCUT2D eigenvalue weighted by molar-refractivity contribution is -0.149. The van der Waals surface area contributed by atoms with Crippen molar-refractivity contribution in [1.29, 1.82) is 0 Å². The van der Waals surface area contributed by atoms with Gasteiger partial charge in [0.15, 0.2) is 0 Å². The molecule has 1 aliphatic heterocycles. The highest BCUT2D eigenvalue weighted by Crippen LogP contribution is 2.44. The van der Waals surface area contributed by atoms with Crippen LogP contribution in [0.25, 0.3) is 11.1 Å². The number of aliphatic carboxylic acids is 1. The molecule has 2 aromatic carbocycles. The Hall–Kier alpha value is -3.61. The second-order valence-electron chi connectivity index (χ2n) is 8.95. The standard InChI is InChI=1S/C26H28N2O5/c1-17-14-28(16-26(17,2)24(30)31)23(29)12-7-13-27-25(32)33-15-22-20-10-5-3-8-18(20)19-9-4-6-11-21(19)22/h3-12,17,22H,13-16H2,1-2H3,(H,27,32)(H,30,31)/b12-7+/t17-,26-/m0/s1. The van der Waals surface area contributed by atoms with Crippen LogP contribution in [-0.4, -0.2) is 54.2 Å². The molecule has 4 rings (SSSR count). The summed E-state index contributed by atoms with van der Waals surface area (Å²) < 4.78 is 5.47. The number of hydrogen-bond acceptors (Lipinski definition) is 4. The highest BCUT2D eigenvalue weighted by molar-refractivity contribution is 5.89. The van der Waals surface area contributed by atoms with Crippen molar-refractivity contribution in [2.75, 3.05) is 26.2 Å². The van der Waals surface area contributed by atoms with E-state index in [0.717, 1.165) is 11.1 Å². The highest BCUT2D eigenvalue weighted by atomic mass is 16.5. The molecule has 0 spiro atoms. The van der Waals surface area contributed by atoms with Gasteiger partial charge in [-0.15, -0.1) is 0 Å². The average molecular weight is 449 g/mol. The zero-order valence-electron chi connectivity index (χ0n) is 18.8. The number of nitrogens with zero attached hydrogens (tertiary/aromatic N) is 1. The molecule has 172 valence electrons. The molecule has 2 atom stereocenters. The molecule has 0 bridgehead atoms. The number of carbonyl (C=O) groups is 3. The Balaban J connectivity index is 1.27. The van der Waals surface area contributed by atoms with E-state index >= 15 is 0 Å². The number of benzene rings is 2. The van der Waals surface area contributed by atoms with Crippen molar-refractivity contribution in [2.45, 2.75) is 19.8 Å². The molecule has 1 saturated heterocycles. The van der Waals surface area contributed by atoms with Gasteiger partial charge in [0.2, 0.25) is 5.91 Å². The number of amides is 2. The number of carbonyl (C=O) groups excluding carboxylic acids is 2. The van der Waals surface area contributed by atoms with Crippen molar-refractivity contribution in [3.05, 3.63) is 71.8 Å². The van der Waals surface area contributed by atoms with Crippen molar-refractivity contribution >= 4 is 18.0 Å². The van der Waals surface area contributed by atoms with Gasteiger partial charge in [-0.25, -0.2) is 4.79 Å². The first-order valence-corrected chi connectivity index (χ1v) is 11.1. The largest absolute Gasteiger partial charge is 0.481 e. The summed E-state index contributed by atoms with van der Waals surface area (Å²) in [4.78, 5) is 37.6. The number of rotatable bonds is 6. The number of ether oxygens (including phenoxy) is 1. The summed E-state index contributed by atoms with van der Waals surface area (Å²) in [5.74, 6) is -1.31. The molecular weight excluding hydrogens is 420 g/mol. The molecule has 1 aliphatic carbocycles. The van der Waals surface area contributed by atoms with Gasteiger partial charge >= 0.3 is 12.1 Å². The zero-order chi connectivity index (χ0) is 23.6. The second-order valence-corrected chi connectivity index (χ2v) is 8.95. The molecule has 7 heteroatoms. The third-order valence-electron chi connectivity index (χ3n) is 6.87. The van der Waals surface area contributed by atoms with E-state index in [-0.39, 0.29) is 37.4 Å². The minimum absolute atomic E-state index is 0.0130. The SMILES string of the molecule is C[C@H]1CN(C(=O)/C=C/CNC(=O)OCC2c3ccccc3-c3ccccc32)C[C@]1(C)C(=O)O. The Labute approximate surface area is 193 Å². The molecule has 0 radical (unpaired) electrons. The Kier molecular flexibility index (Phi) is 6.22. The van der Waals surface area contributed by atoms with E-state index in [1.807, 2.05) is 31.2 Å². The van der Waals surface area contributed by atoms with E-state index in [2.05, 4.69) is 29.6 Å². The molecular formula is C26H28N2O5. The van der Waals surface area contributed by atoms with E-state index in [0.29, 0.717) is 6.54 Å². The third-order valence-corrected chi connectivity index (χ3v) is 6.87. The molecule has 2 aliphatic rings. The molecule has 1 fully saturated rings. The fourth-order valence-corrected chi connectivity index (χ4v) is 4.65. The molecule has 2 N–H and O–H groups in total. The molecule has 33 heavy (non-hydrogen) atoms. The maximum absolute atomic E-state index is 12.4. The van der Waals surface area contributed by atoms with Crippen LogP contribution in [0.3, 0.4) is 0 Å². The maximum Gasteiger partial charge on any atom is 0.407 e. The predicted molar refractivity (Wildman–Crippen MR) is 124 cm³/mol. The van der Waals surface area contributed by atoms with Gasteiger partial charge in [-0.2, -0.15) is 0 Å². The van der Waals surface area contributed by atoms with Crippen molar-refractivity contribution in [3.63, 3.8) is 0 Å². The molecule has 1 heterocycles. The molecule has 7 nitrogen and oxygen atoms in total. The summed E-state index contributed by atoms with van der Waals surface area (Å²) >= 11 is 0. The van der Waals surface area contributed by atoms with Gasteiger partial charge in [-0.3, -0.25) is 9.59 Å². The van der Waals surface area contributed by atoms with E-state index in [1.165, 1.54) is 22.1 Å². The fraction of sp³-hybridized carbons (Fsp3) is 0.346. The van der Waals surface area contributed by atoms with Gasteiger partial charge in [0.05, 0.1) is 5.41 Å². The van der Waals surface area contributed by atoms with Crippen LogP contribution in [0, 0.1) is 11.3 Å². The lowest BCUT2D eigenvalue weighted by Crippen LogP contribution is -2.36. The summed E-state index contributed by atoms with van der Waals surface area (Å²) in [6, 6.07) is 16.3. The first kappa shape index (κ1) is 22.6. The minimum Gasteiger partial charge on any atom is -0.481 e. The number of carboxylic acids is 1. The van der Waals surface area contributed by atoms with Crippen molar-refractivity contribution in [2.24, 2.45) is 11.3 Å². The van der Waals surface area contributed by atoms with Crippen LogP contribution in [0.5, 0.6) is 0 Å². The first-order chi connectivity index (χ1) is 15.8. The van der Waals surface area contributed by atoms with Gasteiger partial charge in [-0.1, -0.05) is 61.5 Å². The average Bonchev–Trinajstić information content (AvgIpc) is 3.30. The molecule has 0 saturated carbocycles. The van der Waals surface area contributed by atoms with Crippen molar-refractivity contribution in [1.82, 2.24) is 10.2 Å². The Bertz CT molecular complexity index is 1070. The Morgan fingerprint density at radius 1 is 1.12 bits per heavy atom. The van der Waals surface area contributed by atoms with Crippen molar-refractivity contribution < 1.29 is 24.2 Å². The molecule has 2 aromatic rings. The summed E-state index contributed by atoms with van der Waals surface area (Å²) in [5.41, 5.74) is 3.68. The van der Waals surface area contributed by atoms with Gasteiger partial charge in [0.1, 0.15) is 6.61 Å². The predicted octanol–water partition coefficient (Wildman–Crippen LogP) is 3.65. The first-order valence-electron chi connectivity index (χ1n) is 11.1. The van der Waals surface area contributed by atoms with Crippen LogP contribution in [0.1, 0.15) is 30.9 Å². The summed E-state index contributed by atoms with van der Waals surface area (Å²) in [5, 5.41) is 12.1. The fourth-order valence-electron chi connectivity index (χ4n) is 4.65. The van der Waals surface area contributed by atoms with E-state index in [9.17, 15) is 19.5 Å². The van der Waals surface area contributed by atoms with Gasteiger partial charge < -0.3 is 20.1 Å². The maximum atomic E-state index is 12.4. The number of carboxylic acid groups (broad SMARTS) is 1. The molecule has 0 aromatic heterocycles. The Morgan fingerprint density at radius 2 is 1.73 bits per heavy atom. The minimum atomic E-state index is -0.941. The quantitative estimate of drug-likeness (QED) is 0.658. The lowest BCUT2D eigenvalue weighted by Gasteiger charge is -2.22. The Morgan fingerprint density at radius 3 is 2.30 bits per heavy atom. The van der Waals surface area contributed by atoms with Gasteiger partial charge in [0.25, 0.3) is 0 Å². The summed E-state index contributed by atoms with van der Waals surface area (Å²) in [6.07, 6.45) is 2.36. The summed E-state index contributed by atoms with van der Waals surface area (Å²) in [7, 11) is 0. The second kappa shape index (κ2) is 9.10. The van der Waals surface area contributed by atoms with Crippen LogP contribution in [-0.2, 0) is 14.3 Å². The normalized spacial score (nSPS) is 21.6. The number of alkyl carbamates (subject to hydrolysis) is 1. The van der Waals surface area contributed by atoms with E-state index in [4.69, 9.17) is 4.74 Å². The van der Waals surface area contributed by atoms with Crippen LogP contribution in [0.15, 0.2) is 60.7 Å². The van der Waals surface area contributed by atoms with E-state index in [1.54, 1.807) is 13.0 Å². The highest BCUT2D eigenvalue weighted by Gasteiger charge is 2.47. The summed E-state index contributed by atoms with van der Waals surface area (Å²) in [6.45, 7) is 4.43. The van der Waals surface area contributed by atoms with Crippen LogP contribution in [0.2, 0.25) is 0 Å². The number of nitrogens with one attached hydrogen (secondary N) is 1. The topological polar surface area (TPSA) is 95.9 Å². The smallest absolute Gasteiger partial charge is 0.407 e. The number of hydrogen-bond donors (Lipinski definition) is 2. The van der Waals surface area contributed by atoms with Gasteiger partial charge in [-0.05, 0) is 35.1 Å². The number of fused-ring (bicyclic) bond motifs is 3. The van der Waals surface area contributed by atoms with Crippen molar-refractivity contribution in [3.8, 4) is 11.1 Å². The van der Waals surface area contributed by atoms with E-state index < -0.39 is 17.5 Å². The zero-order valence-corrected chi connectivity index (χ0v) is 18.8. The monoisotopic (exact) mass is 448 g/mol. The lowest BCUT2D eigenvalue weighted by atomic mass is 9.81.